The Morgan fingerprint density at radius 2 is 2.06 bits per heavy atom. The van der Waals surface area contributed by atoms with E-state index in [2.05, 4.69) is 17.1 Å². The number of hydrogen-bond donors (Lipinski definition) is 1. The topological polar surface area (TPSA) is 63.4 Å². The molecule has 3 aromatic rings. The van der Waals surface area contributed by atoms with Crippen LogP contribution in [0.4, 0.5) is 0 Å². The molecule has 0 saturated heterocycles. The van der Waals surface area contributed by atoms with Gasteiger partial charge in [-0.25, -0.2) is 0 Å². The van der Waals surface area contributed by atoms with Crippen molar-refractivity contribution in [3.63, 3.8) is 0 Å². The molecule has 6 nitrogen and oxygen atoms in total. The number of methoxy groups -OCH3 is 1. The Hall–Kier alpha value is -3.10. The van der Waals surface area contributed by atoms with E-state index in [1.54, 1.807) is 18.9 Å². The van der Waals surface area contributed by atoms with Gasteiger partial charge in [0.05, 0.1) is 18.7 Å². The Labute approximate surface area is 197 Å². The molecule has 0 aliphatic carbocycles. The van der Waals surface area contributed by atoms with E-state index in [1.807, 2.05) is 72.7 Å². The highest BCUT2D eigenvalue weighted by molar-refractivity contribution is 7.98. The van der Waals surface area contributed by atoms with Gasteiger partial charge in [0.1, 0.15) is 5.75 Å². The fraction of sp³-hybridized carbons (Fsp3) is 0.208. The second kappa shape index (κ2) is 9.58. The smallest absolute Gasteiger partial charge is 0.258 e. The molecule has 4 rings (SSSR count). The number of thiocarbonyl (C=S) groups is 1. The van der Waals surface area contributed by atoms with Crippen molar-refractivity contribution in [3.05, 3.63) is 78.3 Å². The Kier molecular flexibility index (Phi) is 6.62. The number of nitrogens with zero attached hydrogens (tertiary/aromatic N) is 3. The number of nitrogens with one attached hydrogen (secondary N) is 1. The molecule has 0 radical (unpaired) electrons. The minimum absolute atomic E-state index is 0.258. The molecule has 32 heavy (non-hydrogen) atoms. The number of aromatic nitrogens is 2. The van der Waals surface area contributed by atoms with Crippen LogP contribution in [-0.4, -0.2) is 40.1 Å². The lowest BCUT2D eigenvalue weighted by atomic mass is 9.94. The van der Waals surface area contributed by atoms with Crippen LogP contribution in [0.1, 0.15) is 24.4 Å². The van der Waals surface area contributed by atoms with Crippen LogP contribution in [0.2, 0.25) is 0 Å². The number of hydrogen-bond acceptors (Lipinski definition) is 6. The molecule has 2 heterocycles. The summed E-state index contributed by atoms with van der Waals surface area (Å²) in [6.45, 7) is 6.44. The van der Waals surface area contributed by atoms with E-state index in [-0.39, 0.29) is 6.04 Å². The summed E-state index contributed by atoms with van der Waals surface area (Å²) >= 11 is 7.34. The van der Waals surface area contributed by atoms with E-state index < -0.39 is 0 Å². The Balaban J connectivity index is 1.80. The van der Waals surface area contributed by atoms with E-state index in [0.717, 1.165) is 28.1 Å². The summed E-state index contributed by atoms with van der Waals surface area (Å²) in [5.74, 6) is 1.75. The van der Waals surface area contributed by atoms with E-state index in [4.69, 9.17) is 26.5 Å². The van der Waals surface area contributed by atoms with Crippen LogP contribution >= 0.6 is 24.0 Å². The molecule has 1 aromatic heterocycles. The number of thioether (sulfide) groups is 1. The highest BCUT2D eigenvalue weighted by Crippen LogP contribution is 2.38. The average Bonchev–Trinajstić information content (AvgIpc) is 3.31. The van der Waals surface area contributed by atoms with Gasteiger partial charge in [-0.05, 0) is 67.4 Å². The van der Waals surface area contributed by atoms with E-state index in [1.165, 1.54) is 4.90 Å². The van der Waals surface area contributed by atoms with Crippen LogP contribution in [0.5, 0.6) is 5.75 Å². The van der Waals surface area contributed by atoms with Gasteiger partial charge in [0, 0.05) is 22.7 Å². The van der Waals surface area contributed by atoms with Gasteiger partial charge in [-0.1, -0.05) is 23.4 Å². The molecule has 1 aliphatic rings. The first-order valence-electron chi connectivity index (χ1n) is 10.1. The van der Waals surface area contributed by atoms with E-state index in [0.29, 0.717) is 23.4 Å². The lowest BCUT2D eigenvalue weighted by molar-refractivity contribution is 0.398. The largest absolute Gasteiger partial charge is 0.497 e. The van der Waals surface area contributed by atoms with Crippen LogP contribution in [0.15, 0.2) is 76.3 Å². The third-order valence-electron chi connectivity index (χ3n) is 5.34. The SMILES string of the molecule is C=CCN1C(=S)NC(c2cccc(OC)c2)C(c2nc(-c3ccc(SC)cc3)no2)=C1C. The number of ether oxygens (including phenoxy) is 1. The Morgan fingerprint density at radius 1 is 1.28 bits per heavy atom. The number of rotatable bonds is 7. The molecule has 1 N–H and O–H groups in total. The van der Waals surface area contributed by atoms with Gasteiger partial charge in [-0.15, -0.1) is 18.3 Å². The predicted octanol–water partition coefficient (Wildman–Crippen LogP) is 5.32. The van der Waals surface area contributed by atoms with Crippen molar-refractivity contribution in [3.8, 4) is 17.1 Å². The first-order chi connectivity index (χ1) is 15.5. The van der Waals surface area contributed by atoms with Gasteiger partial charge in [0.2, 0.25) is 5.82 Å². The summed E-state index contributed by atoms with van der Waals surface area (Å²) in [6.07, 6.45) is 3.86. The van der Waals surface area contributed by atoms with E-state index in [9.17, 15) is 0 Å². The maximum absolute atomic E-state index is 5.76. The quantitative estimate of drug-likeness (QED) is 0.287. The number of allylic oxidation sites excluding steroid dienone is 1. The molecule has 0 spiro atoms. The van der Waals surface area contributed by atoms with Crippen LogP contribution < -0.4 is 10.1 Å². The minimum atomic E-state index is -0.258. The molecular weight excluding hydrogens is 440 g/mol. The fourth-order valence-corrected chi connectivity index (χ4v) is 4.41. The molecule has 1 atom stereocenters. The molecule has 0 amide bonds. The highest BCUT2D eigenvalue weighted by Gasteiger charge is 2.33. The average molecular weight is 465 g/mol. The summed E-state index contributed by atoms with van der Waals surface area (Å²) in [5.41, 5.74) is 3.70. The van der Waals surface area contributed by atoms with Gasteiger partial charge >= 0.3 is 0 Å². The maximum atomic E-state index is 5.76. The Bertz CT molecular complexity index is 1170. The van der Waals surface area contributed by atoms with Gasteiger partial charge in [0.25, 0.3) is 5.89 Å². The lowest BCUT2D eigenvalue weighted by Crippen LogP contribution is -2.45. The molecule has 1 unspecified atom stereocenters. The van der Waals surface area contributed by atoms with Crippen molar-refractivity contribution >= 4 is 34.7 Å². The summed E-state index contributed by atoms with van der Waals surface area (Å²) in [5, 5.41) is 8.30. The van der Waals surface area contributed by atoms with Gasteiger partial charge < -0.3 is 19.5 Å². The van der Waals surface area contributed by atoms with Crippen molar-refractivity contribution in [2.24, 2.45) is 0 Å². The lowest BCUT2D eigenvalue weighted by Gasteiger charge is -2.36. The summed E-state index contributed by atoms with van der Waals surface area (Å²) in [7, 11) is 1.65. The van der Waals surface area contributed by atoms with Gasteiger partial charge in [-0.3, -0.25) is 0 Å². The fourth-order valence-electron chi connectivity index (χ4n) is 3.67. The zero-order valence-electron chi connectivity index (χ0n) is 18.2. The standard InChI is InChI=1S/C24H24N4O2S2/c1-5-13-28-15(2)20(21(25-24(28)31)17-7-6-8-18(14-17)29-3)23-26-22(27-30-23)16-9-11-19(32-4)12-10-16/h5-12,14,21H,1,13H2,2-4H3,(H,25,31). The summed E-state index contributed by atoms with van der Waals surface area (Å²) in [4.78, 5) is 7.90. The van der Waals surface area contributed by atoms with Crippen LogP contribution in [0, 0.1) is 0 Å². The van der Waals surface area contributed by atoms with Crippen molar-refractivity contribution in [2.45, 2.75) is 17.9 Å². The second-order valence-corrected chi connectivity index (χ2v) is 8.48. The molecule has 8 heteroatoms. The molecule has 0 fully saturated rings. The molecule has 1 aliphatic heterocycles. The van der Waals surface area contributed by atoms with Crippen molar-refractivity contribution in [1.29, 1.82) is 0 Å². The maximum Gasteiger partial charge on any atom is 0.258 e. The second-order valence-electron chi connectivity index (χ2n) is 7.21. The minimum Gasteiger partial charge on any atom is -0.497 e. The van der Waals surface area contributed by atoms with Crippen LogP contribution in [-0.2, 0) is 0 Å². The highest BCUT2D eigenvalue weighted by atomic mass is 32.2. The third kappa shape index (κ3) is 4.28. The van der Waals surface area contributed by atoms with Crippen molar-refractivity contribution in [2.75, 3.05) is 19.9 Å². The van der Waals surface area contributed by atoms with Crippen LogP contribution in [0.25, 0.3) is 17.0 Å². The molecular formula is C24H24N4O2S2. The molecule has 0 saturated carbocycles. The van der Waals surface area contributed by atoms with Gasteiger partial charge in [0.15, 0.2) is 5.11 Å². The predicted molar refractivity (Wildman–Crippen MR) is 132 cm³/mol. The summed E-state index contributed by atoms with van der Waals surface area (Å²) < 4.78 is 11.2. The van der Waals surface area contributed by atoms with Gasteiger partial charge in [-0.2, -0.15) is 4.98 Å². The number of benzene rings is 2. The first-order valence-corrected chi connectivity index (χ1v) is 11.7. The molecule has 0 bridgehead atoms. The van der Waals surface area contributed by atoms with Crippen molar-refractivity contribution in [1.82, 2.24) is 20.4 Å². The monoisotopic (exact) mass is 464 g/mol. The van der Waals surface area contributed by atoms with Crippen LogP contribution in [0.3, 0.4) is 0 Å². The zero-order valence-corrected chi connectivity index (χ0v) is 19.8. The van der Waals surface area contributed by atoms with E-state index >= 15 is 0 Å². The normalized spacial score (nSPS) is 16.2. The molecule has 2 aromatic carbocycles. The zero-order chi connectivity index (χ0) is 22.7. The first kappa shape index (κ1) is 22.1. The third-order valence-corrected chi connectivity index (χ3v) is 6.42. The van der Waals surface area contributed by atoms with Crippen molar-refractivity contribution < 1.29 is 9.26 Å². The Morgan fingerprint density at radius 3 is 2.75 bits per heavy atom. The molecule has 164 valence electrons. The summed E-state index contributed by atoms with van der Waals surface area (Å²) in [6, 6.07) is 15.7.